The summed E-state index contributed by atoms with van der Waals surface area (Å²) in [7, 11) is -3.19. The van der Waals surface area contributed by atoms with Crippen LogP contribution in [0.25, 0.3) is 10.7 Å². The maximum atomic E-state index is 12.6. The van der Waals surface area contributed by atoms with Crippen LogP contribution in [0.2, 0.25) is 0 Å². The highest BCUT2D eigenvalue weighted by Gasteiger charge is 2.37. The summed E-state index contributed by atoms with van der Waals surface area (Å²) >= 11 is 1.37. The van der Waals surface area contributed by atoms with Gasteiger partial charge >= 0.3 is 0 Å². The first kappa shape index (κ1) is 21.8. The van der Waals surface area contributed by atoms with Crippen molar-refractivity contribution in [2.24, 2.45) is 5.92 Å². The molecule has 5 rings (SSSR count). The summed E-state index contributed by atoms with van der Waals surface area (Å²) < 4.78 is 30.7. The van der Waals surface area contributed by atoms with E-state index in [2.05, 4.69) is 21.2 Å². The van der Waals surface area contributed by atoms with E-state index in [9.17, 15) is 13.5 Å². The number of nitrogens with one attached hydrogen (secondary N) is 1. The van der Waals surface area contributed by atoms with E-state index in [0.29, 0.717) is 15.8 Å². The quantitative estimate of drug-likeness (QED) is 0.514. The second kappa shape index (κ2) is 9.05. The molecule has 0 bridgehead atoms. The fourth-order valence-electron chi connectivity index (χ4n) is 4.38. The van der Waals surface area contributed by atoms with Gasteiger partial charge in [-0.25, -0.2) is 8.42 Å². The molecule has 0 radical (unpaired) electrons. The first-order chi connectivity index (χ1) is 15.5. The lowest BCUT2D eigenvalue weighted by Crippen LogP contribution is -2.19. The van der Waals surface area contributed by atoms with Gasteiger partial charge in [-0.15, -0.1) is 10.2 Å². The molecule has 1 saturated carbocycles. The van der Waals surface area contributed by atoms with Crippen molar-refractivity contribution in [1.29, 1.82) is 0 Å². The third kappa shape index (κ3) is 4.52. The first-order valence-corrected chi connectivity index (χ1v) is 13.4. The Hall–Kier alpha value is -2.07. The minimum absolute atomic E-state index is 0.117. The summed E-state index contributed by atoms with van der Waals surface area (Å²) in [6.45, 7) is 1.47. The summed E-state index contributed by atoms with van der Waals surface area (Å²) in [6, 6.07) is 11.5. The number of rotatable bonds is 8. The van der Waals surface area contributed by atoms with Crippen LogP contribution in [0.1, 0.15) is 54.3 Å². The highest BCUT2D eigenvalue weighted by atomic mass is 32.2. The molecule has 1 atom stereocenters. The Morgan fingerprint density at radius 3 is 2.47 bits per heavy atom. The van der Waals surface area contributed by atoms with E-state index in [1.807, 2.05) is 18.2 Å². The SMILES string of the molecule is O=S(=O)(c1ccc(C(CC2CCOCC2)c2ccc(-c3nnc(CO)s3)[nH]2)cc1)C1CC1. The fraction of sp³-hybridized carbons (Fsp3) is 0.478. The largest absolute Gasteiger partial charge is 0.389 e. The molecule has 1 saturated heterocycles. The number of aliphatic hydroxyl groups excluding tert-OH is 1. The Kier molecular flexibility index (Phi) is 6.16. The molecule has 3 aromatic rings. The molecule has 32 heavy (non-hydrogen) atoms. The van der Waals surface area contributed by atoms with Crippen LogP contribution in [0.15, 0.2) is 41.3 Å². The molecule has 1 aliphatic carbocycles. The maximum absolute atomic E-state index is 12.6. The highest BCUT2D eigenvalue weighted by Crippen LogP contribution is 2.38. The Morgan fingerprint density at radius 2 is 1.81 bits per heavy atom. The molecule has 1 aliphatic heterocycles. The Balaban J connectivity index is 1.44. The summed E-state index contributed by atoms with van der Waals surface area (Å²) in [5.41, 5.74) is 3.06. The molecule has 0 spiro atoms. The van der Waals surface area contributed by atoms with Gasteiger partial charge in [0.15, 0.2) is 14.8 Å². The number of aliphatic hydroxyl groups is 1. The first-order valence-electron chi connectivity index (χ1n) is 11.1. The average molecular weight is 474 g/mol. The van der Waals surface area contributed by atoms with Crippen molar-refractivity contribution in [3.05, 3.63) is 52.7 Å². The molecular weight excluding hydrogens is 446 g/mol. The Morgan fingerprint density at radius 1 is 1.06 bits per heavy atom. The molecule has 1 aromatic carbocycles. The van der Waals surface area contributed by atoms with Gasteiger partial charge < -0.3 is 14.8 Å². The average Bonchev–Trinajstić information content (AvgIpc) is 3.39. The molecule has 9 heteroatoms. The van der Waals surface area contributed by atoms with Gasteiger partial charge in [0, 0.05) is 24.8 Å². The number of aromatic nitrogens is 3. The van der Waals surface area contributed by atoms with Crippen molar-refractivity contribution >= 4 is 21.2 Å². The standard InChI is InChI=1S/C23H27N3O4S2/c27-14-22-25-26-23(31-22)21-8-7-20(24-21)19(13-15-9-11-30-12-10-15)16-1-3-17(4-2-16)32(28,29)18-5-6-18/h1-4,7-8,15,18-19,24,27H,5-6,9-14H2. The van der Waals surface area contributed by atoms with E-state index in [0.717, 1.165) is 67.3 Å². The molecule has 3 heterocycles. The number of hydrogen-bond acceptors (Lipinski definition) is 7. The van der Waals surface area contributed by atoms with Crippen LogP contribution in [-0.2, 0) is 21.2 Å². The Labute approximate surface area is 191 Å². The lowest BCUT2D eigenvalue weighted by Gasteiger charge is -2.27. The summed E-state index contributed by atoms with van der Waals surface area (Å²) in [5.74, 6) is 0.674. The predicted octanol–water partition coefficient (Wildman–Crippen LogP) is 3.91. The van der Waals surface area contributed by atoms with Gasteiger partial charge in [0.25, 0.3) is 0 Å². The third-order valence-corrected chi connectivity index (χ3v) is 9.62. The van der Waals surface area contributed by atoms with Crippen molar-refractivity contribution < 1.29 is 18.3 Å². The van der Waals surface area contributed by atoms with Crippen molar-refractivity contribution in [3.8, 4) is 10.7 Å². The highest BCUT2D eigenvalue weighted by molar-refractivity contribution is 7.92. The van der Waals surface area contributed by atoms with Gasteiger partial charge in [-0.3, -0.25) is 0 Å². The van der Waals surface area contributed by atoms with Gasteiger partial charge in [0.05, 0.1) is 22.4 Å². The van der Waals surface area contributed by atoms with Crippen LogP contribution in [0.3, 0.4) is 0 Å². The molecule has 0 amide bonds. The van der Waals surface area contributed by atoms with E-state index in [1.165, 1.54) is 11.3 Å². The topological polar surface area (TPSA) is 105 Å². The predicted molar refractivity (Wildman–Crippen MR) is 122 cm³/mol. The monoisotopic (exact) mass is 473 g/mol. The van der Waals surface area contributed by atoms with Gasteiger partial charge in [-0.1, -0.05) is 23.5 Å². The van der Waals surface area contributed by atoms with E-state index in [1.54, 1.807) is 12.1 Å². The van der Waals surface area contributed by atoms with Gasteiger partial charge in [0.2, 0.25) is 0 Å². The fourth-order valence-corrected chi connectivity index (χ4v) is 6.72. The molecular formula is C23H27N3O4S2. The molecule has 170 valence electrons. The van der Waals surface area contributed by atoms with Crippen molar-refractivity contribution in [2.75, 3.05) is 13.2 Å². The second-order valence-electron chi connectivity index (χ2n) is 8.64. The van der Waals surface area contributed by atoms with Crippen LogP contribution >= 0.6 is 11.3 Å². The lowest BCUT2D eigenvalue weighted by atomic mass is 9.83. The number of hydrogen-bond donors (Lipinski definition) is 2. The smallest absolute Gasteiger partial charge is 0.181 e. The van der Waals surface area contributed by atoms with Crippen LogP contribution in [0, 0.1) is 5.92 Å². The van der Waals surface area contributed by atoms with E-state index in [4.69, 9.17) is 4.74 Å². The number of nitrogens with zero attached hydrogens (tertiary/aromatic N) is 2. The second-order valence-corrected chi connectivity index (χ2v) is 11.9. The van der Waals surface area contributed by atoms with Crippen LogP contribution in [0.5, 0.6) is 0 Å². The van der Waals surface area contributed by atoms with Gasteiger partial charge in [-0.2, -0.15) is 0 Å². The number of benzene rings is 1. The van der Waals surface area contributed by atoms with Crippen LogP contribution < -0.4 is 0 Å². The normalized spacial score (nSPS) is 18.7. The minimum Gasteiger partial charge on any atom is -0.389 e. The van der Waals surface area contributed by atoms with Crippen molar-refractivity contribution in [3.63, 3.8) is 0 Å². The Bertz CT molecular complexity index is 1160. The lowest BCUT2D eigenvalue weighted by molar-refractivity contribution is 0.0626. The van der Waals surface area contributed by atoms with Crippen molar-refractivity contribution in [1.82, 2.24) is 15.2 Å². The zero-order valence-corrected chi connectivity index (χ0v) is 19.4. The van der Waals surface area contributed by atoms with Crippen molar-refractivity contribution in [2.45, 2.75) is 54.8 Å². The zero-order chi connectivity index (χ0) is 22.1. The molecule has 2 fully saturated rings. The third-order valence-electron chi connectivity index (χ3n) is 6.40. The minimum atomic E-state index is -3.19. The number of sulfone groups is 1. The van der Waals surface area contributed by atoms with Crippen LogP contribution in [0.4, 0.5) is 0 Å². The molecule has 1 unspecified atom stereocenters. The summed E-state index contributed by atoms with van der Waals surface area (Å²) in [4.78, 5) is 3.93. The zero-order valence-electron chi connectivity index (χ0n) is 17.7. The molecule has 7 nitrogen and oxygen atoms in total. The summed E-state index contributed by atoms with van der Waals surface area (Å²) in [6.07, 6.45) is 4.58. The summed E-state index contributed by atoms with van der Waals surface area (Å²) in [5, 5.41) is 18.6. The number of H-pyrrole nitrogens is 1. The van der Waals surface area contributed by atoms with Crippen LogP contribution in [-0.4, -0.2) is 47.2 Å². The molecule has 2 aliphatic rings. The van der Waals surface area contributed by atoms with Gasteiger partial charge in [-0.05, 0) is 67.9 Å². The van der Waals surface area contributed by atoms with E-state index in [-0.39, 0.29) is 17.8 Å². The molecule has 2 aromatic heterocycles. The maximum Gasteiger partial charge on any atom is 0.181 e. The number of aromatic amines is 1. The van der Waals surface area contributed by atoms with E-state index >= 15 is 0 Å². The van der Waals surface area contributed by atoms with E-state index < -0.39 is 9.84 Å². The molecule has 2 N–H and O–H groups in total. The van der Waals surface area contributed by atoms with Gasteiger partial charge in [0.1, 0.15) is 5.01 Å². The number of ether oxygens (including phenoxy) is 1.